The van der Waals surface area contributed by atoms with Crippen molar-refractivity contribution in [2.75, 3.05) is 13.2 Å². The highest BCUT2D eigenvalue weighted by Gasteiger charge is 2.22. The Morgan fingerprint density at radius 3 is 1.75 bits per heavy atom. The molecule has 0 saturated heterocycles. The summed E-state index contributed by atoms with van der Waals surface area (Å²) in [4.78, 5) is 42.9. The van der Waals surface area contributed by atoms with E-state index in [4.69, 9.17) is 19.3 Å². The number of rotatable bonds is 38. The van der Waals surface area contributed by atoms with E-state index in [1.54, 1.807) is 6.08 Å². The first-order valence-corrected chi connectivity index (χ1v) is 23.3. The molecule has 0 amide bonds. The molecule has 0 aliphatic heterocycles. The molecule has 0 aliphatic carbocycles. The molecule has 0 aromatic carbocycles. The average molecular weight is 807 g/mol. The molecule has 2 unspecified atom stereocenters. The molecule has 0 rings (SSSR count). The molecule has 0 aromatic heterocycles. The lowest BCUT2D eigenvalue weighted by atomic mass is 9.99. The van der Waals surface area contributed by atoms with Gasteiger partial charge in [-0.15, -0.1) is 0 Å². The maximum Gasteiger partial charge on any atom is 0.469 e. The van der Waals surface area contributed by atoms with Crippen molar-refractivity contribution < 1.29 is 43.0 Å². The summed E-state index contributed by atoms with van der Waals surface area (Å²) >= 11 is 0. The van der Waals surface area contributed by atoms with Crippen LogP contribution in [0.4, 0.5) is 0 Å². The first kappa shape index (κ1) is 53.5. The van der Waals surface area contributed by atoms with Gasteiger partial charge in [0, 0.05) is 12.8 Å². The van der Waals surface area contributed by atoms with E-state index < -0.39 is 38.6 Å². The lowest BCUT2D eigenvalue weighted by molar-refractivity contribution is -0.161. The third kappa shape index (κ3) is 41.1. The zero-order valence-electron chi connectivity index (χ0n) is 35.3. The van der Waals surface area contributed by atoms with Gasteiger partial charge in [-0.05, 0) is 50.9 Å². The second kappa shape index (κ2) is 39.3. The maximum absolute atomic E-state index is 12.4. The van der Waals surface area contributed by atoms with Crippen LogP contribution in [0.2, 0.25) is 0 Å². The highest BCUT2D eigenvalue weighted by Crippen LogP contribution is 2.36. The SMILES string of the molecule is CC/C=C\C/C=C\CC(O)/C=C/C=C\C/C=C\C/C=C\CCC(=O)O[C@H](COC(=O)CCCCCCCCCCCCCCCCC(C)CC)COP(=O)(O)O. The molecular weight excluding hydrogens is 727 g/mol. The number of aliphatic hydroxyl groups excluding tert-OH is 1. The molecule has 0 spiro atoms. The number of phosphoric acid groups is 1. The largest absolute Gasteiger partial charge is 0.469 e. The summed E-state index contributed by atoms with van der Waals surface area (Å²) in [6.45, 7) is 5.82. The van der Waals surface area contributed by atoms with Gasteiger partial charge in [-0.1, -0.05) is 190 Å². The molecule has 0 saturated carbocycles. The molecule has 10 heteroatoms. The van der Waals surface area contributed by atoms with Gasteiger partial charge in [0.05, 0.1) is 12.7 Å². The maximum atomic E-state index is 12.4. The van der Waals surface area contributed by atoms with Gasteiger partial charge in [-0.3, -0.25) is 14.1 Å². The molecule has 3 N–H and O–H groups in total. The molecule has 3 atom stereocenters. The van der Waals surface area contributed by atoms with E-state index in [9.17, 15) is 19.3 Å². The first-order chi connectivity index (χ1) is 27.1. The van der Waals surface area contributed by atoms with Crippen molar-refractivity contribution in [3.05, 3.63) is 72.9 Å². The molecule has 0 radical (unpaired) electrons. The number of ether oxygens (including phenoxy) is 2. The second-order valence-electron chi connectivity index (χ2n) is 14.7. The number of allylic oxidation sites excluding steroid dienone is 10. The summed E-state index contributed by atoms with van der Waals surface area (Å²) in [5, 5.41) is 9.98. The van der Waals surface area contributed by atoms with Gasteiger partial charge in [-0.25, -0.2) is 4.57 Å². The van der Waals surface area contributed by atoms with E-state index in [0.29, 0.717) is 25.7 Å². The molecule has 0 aromatic rings. The van der Waals surface area contributed by atoms with Gasteiger partial charge >= 0.3 is 19.8 Å². The summed E-state index contributed by atoms with van der Waals surface area (Å²) in [7, 11) is -4.79. The van der Waals surface area contributed by atoms with Crippen LogP contribution in [0.5, 0.6) is 0 Å². The van der Waals surface area contributed by atoms with E-state index in [1.807, 2.05) is 48.6 Å². The first-order valence-electron chi connectivity index (χ1n) is 21.7. The molecule has 0 aliphatic rings. The van der Waals surface area contributed by atoms with E-state index in [-0.39, 0.29) is 19.4 Å². The molecule has 9 nitrogen and oxygen atoms in total. The quantitative estimate of drug-likeness (QED) is 0.0183. The lowest BCUT2D eigenvalue weighted by Gasteiger charge is -2.18. The molecular formula is C46H79O9P. The Kier molecular flexibility index (Phi) is 37.5. The van der Waals surface area contributed by atoms with E-state index in [0.717, 1.165) is 44.4 Å². The Morgan fingerprint density at radius 1 is 0.625 bits per heavy atom. The van der Waals surface area contributed by atoms with E-state index in [1.165, 1.54) is 77.0 Å². The number of esters is 2. The minimum atomic E-state index is -4.79. The molecule has 56 heavy (non-hydrogen) atoms. The van der Waals surface area contributed by atoms with E-state index >= 15 is 0 Å². The van der Waals surface area contributed by atoms with Crippen LogP contribution < -0.4 is 0 Å². The van der Waals surface area contributed by atoms with Crippen LogP contribution in [0.15, 0.2) is 72.9 Å². The highest BCUT2D eigenvalue weighted by molar-refractivity contribution is 7.46. The molecule has 0 bridgehead atoms. The second-order valence-corrected chi connectivity index (χ2v) is 16.0. The Bertz CT molecular complexity index is 1170. The predicted octanol–water partition coefficient (Wildman–Crippen LogP) is 12.3. The fraction of sp³-hybridized carbons (Fsp3) is 0.696. The number of aliphatic hydroxyl groups is 1. The van der Waals surface area contributed by atoms with Crippen molar-refractivity contribution in [1.82, 2.24) is 0 Å². The van der Waals surface area contributed by atoms with Crippen LogP contribution >= 0.6 is 7.82 Å². The minimum Gasteiger partial charge on any atom is -0.462 e. The van der Waals surface area contributed by atoms with Crippen molar-refractivity contribution in [3.8, 4) is 0 Å². The van der Waals surface area contributed by atoms with Crippen LogP contribution in [-0.2, 0) is 28.2 Å². The fourth-order valence-electron chi connectivity index (χ4n) is 5.75. The van der Waals surface area contributed by atoms with Gasteiger partial charge in [0.25, 0.3) is 0 Å². The number of phosphoric ester groups is 1. The summed E-state index contributed by atoms with van der Waals surface area (Å²) in [6.07, 6.45) is 46.6. The number of hydrogen-bond donors (Lipinski definition) is 3. The van der Waals surface area contributed by atoms with Crippen molar-refractivity contribution in [3.63, 3.8) is 0 Å². The van der Waals surface area contributed by atoms with Crippen LogP contribution in [0.1, 0.15) is 175 Å². The number of carbonyl (C=O) groups excluding carboxylic acids is 2. The predicted molar refractivity (Wildman–Crippen MR) is 231 cm³/mol. The Morgan fingerprint density at radius 2 is 1.16 bits per heavy atom. The van der Waals surface area contributed by atoms with E-state index in [2.05, 4.69) is 43.5 Å². The standard InChI is InChI=1S/C46H79O9P/c1-4-6-7-8-26-31-36-43(47)37-32-27-22-18-15-16-20-24-29-34-39-46(49)55-44(41-54-56(50,51)52)40-53-45(48)38-33-28-23-19-14-12-10-9-11-13-17-21-25-30-35-42(3)5-2/h6-7,15-16,22,24,26-27,29,31-32,37,42-44,47H,4-5,8-14,17-21,23,25,28,30,33-36,38-41H2,1-3H3,(H2,50,51,52)/b7-6-,16-15-,27-22-,29-24-,31-26-,37-32+/t42?,43?,44-/m1/s1. The Hall–Kier alpha value is -2.55. The van der Waals surface area contributed by atoms with Crippen molar-refractivity contribution in [2.45, 2.75) is 187 Å². The molecule has 322 valence electrons. The normalized spacial score (nSPS) is 14.3. The Labute approximate surface area is 341 Å². The fourth-order valence-corrected chi connectivity index (χ4v) is 6.11. The lowest BCUT2D eigenvalue weighted by Crippen LogP contribution is -2.29. The third-order valence-electron chi connectivity index (χ3n) is 9.37. The van der Waals surface area contributed by atoms with Gasteiger partial charge in [-0.2, -0.15) is 0 Å². The number of carbonyl (C=O) groups is 2. The van der Waals surface area contributed by atoms with Crippen molar-refractivity contribution in [1.29, 1.82) is 0 Å². The van der Waals surface area contributed by atoms with Crippen LogP contribution in [0.3, 0.4) is 0 Å². The minimum absolute atomic E-state index is 0.0614. The average Bonchev–Trinajstić information content (AvgIpc) is 3.16. The number of hydrogen-bond acceptors (Lipinski definition) is 7. The van der Waals surface area contributed by atoms with Crippen LogP contribution in [-0.4, -0.2) is 52.3 Å². The van der Waals surface area contributed by atoms with Crippen LogP contribution in [0.25, 0.3) is 0 Å². The molecule has 0 fully saturated rings. The topological polar surface area (TPSA) is 140 Å². The zero-order chi connectivity index (χ0) is 41.4. The van der Waals surface area contributed by atoms with Crippen molar-refractivity contribution >= 4 is 19.8 Å². The smallest absolute Gasteiger partial charge is 0.462 e. The monoisotopic (exact) mass is 807 g/mol. The Balaban J connectivity index is 4.09. The third-order valence-corrected chi connectivity index (χ3v) is 9.86. The van der Waals surface area contributed by atoms with Crippen LogP contribution in [0, 0.1) is 5.92 Å². The van der Waals surface area contributed by atoms with Gasteiger partial charge in [0.15, 0.2) is 6.10 Å². The zero-order valence-corrected chi connectivity index (χ0v) is 36.2. The van der Waals surface area contributed by atoms with Crippen molar-refractivity contribution in [2.24, 2.45) is 5.92 Å². The van der Waals surface area contributed by atoms with Gasteiger partial charge in [0.2, 0.25) is 0 Å². The van der Waals surface area contributed by atoms with Gasteiger partial charge < -0.3 is 24.4 Å². The summed E-state index contributed by atoms with van der Waals surface area (Å²) in [5.74, 6) is -0.138. The highest BCUT2D eigenvalue weighted by atomic mass is 31.2. The summed E-state index contributed by atoms with van der Waals surface area (Å²) in [6, 6.07) is 0. The molecule has 0 heterocycles. The summed E-state index contributed by atoms with van der Waals surface area (Å²) in [5.41, 5.74) is 0. The number of unbranched alkanes of at least 4 members (excludes halogenated alkanes) is 13. The summed E-state index contributed by atoms with van der Waals surface area (Å²) < 4.78 is 26.3. The van der Waals surface area contributed by atoms with Gasteiger partial charge in [0.1, 0.15) is 6.61 Å².